The molecular formula is C30H30N10. The number of hydrogen-bond acceptors (Lipinski definition) is 10. The molecule has 3 unspecified atom stereocenters. The van der Waals surface area contributed by atoms with Gasteiger partial charge in [-0.15, -0.1) is 15.3 Å². The molecule has 3 aromatic rings. The van der Waals surface area contributed by atoms with Gasteiger partial charge in [0.25, 0.3) is 0 Å². The largest absolute Gasteiger partial charge is 0.295 e. The maximum absolute atomic E-state index is 4.65. The summed E-state index contributed by atoms with van der Waals surface area (Å²) in [4.78, 5) is 2.33. The summed E-state index contributed by atoms with van der Waals surface area (Å²) in [6.07, 6.45) is 7.57. The lowest BCUT2D eigenvalue weighted by Crippen LogP contribution is -2.55. The van der Waals surface area contributed by atoms with Crippen molar-refractivity contribution in [3.8, 4) is 0 Å². The molecule has 0 aliphatic carbocycles. The highest BCUT2D eigenvalue weighted by Crippen LogP contribution is 2.30. The van der Waals surface area contributed by atoms with Crippen molar-refractivity contribution >= 4 is 18.6 Å². The van der Waals surface area contributed by atoms with E-state index in [9.17, 15) is 0 Å². The molecule has 200 valence electrons. The lowest BCUT2D eigenvalue weighted by atomic mass is 9.87. The van der Waals surface area contributed by atoms with E-state index in [2.05, 4.69) is 87.6 Å². The first kappa shape index (κ1) is 25.7. The second kappa shape index (κ2) is 11.3. The van der Waals surface area contributed by atoms with E-state index >= 15 is 0 Å². The first-order valence-electron chi connectivity index (χ1n) is 13.4. The van der Waals surface area contributed by atoms with Crippen LogP contribution in [0.2, 0.25) is 0 Å². The molecule has 3 aliphatic rings. The van der Waals surface area contributed by atoms with Crippen molar-refractivity contribution in [3.63, 3.8) is 0 Å². The fourth-order valence-electron chi connectivity index (χ4n) is 5.63. The fraction of sp³-hybridized carbons (Fsp3) is 0.300. The molecule has 10 heteroatoms. The van der Waals surface area contributed by atoms with Crippen molar-refractivity contribution in [3.05, 3.63) is 108 Å². The highest BCUT2D eigenvalue weighted by atomic mass is 15.5. The second-order valence-corrected chi connectivity index (χ2v) is 10.7. The number of hydrogen-bond donors (Lipinski definition) is 0. The van der Waals surface area contributed by atoms with Crippen LogP contribution in [0.3, 0.4) is 0 Å². The van der Waals surface area contributed by atoms with E-state index in [0.717, 1.165) is 16.7 Å². The van der Waals surface area contributed by atoms with Crippen LogP contribution in [-0.4, -0.2) is 59.8 Å². The molecule has 0 aromatic heterocycles. The number of nitrogens with zero attached hydrogens (tertiary/aromatic N) is 10. The van der Waals surface area contributed by atoms with Gasteiger partial charge in [0, 0.05) is 38.9 Å². The molecule has 3 heterocycles. The maximum Gasteiger partial charge on any atom is 0.137 e. The third kappa shape index (κ3) is 6.02. The van der Waals surface area contributed by atoms with Gasteiger partial charge in [-0.3, -0.25) is 4.90 Å². The van der Waals surface area contributed by atoms with Crippen molar-refractivity contribution in [1.82, 2.24) is 4.90 Å². The molecule has 3 atom stereocenters. The van der Waals surface area contributed by atoms with E-state index in [1.54, 1.807) is 0 Å². The molecule has 0 amide bonds. The molecule has 0 spiro atoms. The summed E-state index contributed by atoms with van der Waals surface area (Å²) in [5.74, 6) is 0. The van der Waals surface area contributed by atoms with Crippen LogP contribution in [0.25, 0.3) is 0 Å². The molecule has 3 aromatic carbocycles. The zero-order valence-electron chi connectivity index (χ0n) is 22.1. The molecule has 6 rings (SSSR count). The third-order valence-corrected chi connectivity index (χ3v) is 7.33. The van der Waals surface area contributed by atoms with Crippen LogP contribution in [-0.2, 0) is 19.3 Å². The summed E-state index contributed by atoms with van der Waals surface area (Å²) < 4.78 is 0. The highest BCUT2D eigenvalue weighted by molar-refractivity contribution is 5.75. The normalized spacial score (nSPS) is 26.0. The molecule has 3 aliphatic heterocycles. The van der Waals surface area contributed by atoms with Gasteiger partial charge in [-0.05, 0) is 32.4 Å². The van der Waals surface area contributed by atoms with Crippen LogP contribution in [0.1, 0.15) is 16.7 Å². The van der Waals surface area contributed by atoms with E-state index < -0.39 is 16.6 Å². The average Bonchev–Trinajstić information content (AvgIpc) is 3.73. The fourth-order valence-corrected chi connectivity index (χ4v) is 5.63. The molecule has 0 saturated carbocycles. The molecule has 10 nitrogen and oxygen atoms in total. The molecule has 0 saturated heterocycles. The van der Waals surface area contributed by atoms with Gasteiger partial charge < -0.3 is 0 Å². The zero-order valence-corrected chi connectivity index (χ0v) is 22.1. The van der Waals surface area contributed by atoms with Crippen LogP contribution in [0.5, 0.6) is 0 Å². The third-order valence-electron chi connectivity index (χ3n) is 7.33. The molecular weight excluding hydrogens is 500 g/mol. The zero-order chi connectivity index (χ0) is 27.1. The summed E-state index contributed by atoms with van der Waals surface area (Å²) in [7, 11) is 0. The van der Waals surface area contributed by atoms with E-state index in [0.29, 0.717) is 38.9 Å². The Morgan fingerprint density at radius 2 is 0.725 bits per heavy atom. The van der Waals surface area contributed by atoms with Crippen LogP contribution < -0.4 is 0 Å². The molecule has 0 bridgehead atoms. The summed E-state index contributed by atoms with van der Waals surface area (Å²) in [5, 5.41) is 38.7. The monoisotopic (exact) mass is 530 g/mol. The van der Waals surface area contributed by atoms with E-state index in [1.807, 2.05) is 73.2 Å². The first-order chi connectivity index (χ1) is 19.6. The summed E-state index contributed by atoms with van der Waals surface area (Å²) in [6.45, 7) is 1.65. The smallest absolute Gasteiger partial charge is 0.137 e. The predicted octanol–water partition coefficient (Wildman–Crippen LogP) is 5.59. The van der Waals surface area contributed by atoms with Crippen molar-refractivity contribution in [2.75, 3.05) is 19.6 Å². The Labute approximate surface area is 233 Å². The van der Waals surface area contributed by atoms with Gasteiger partial charge in [0.05, 0.1) is 18.6 Å². The Bertz CT molecular complexity index is 1250. The summed E-state index contributed by atoms with van der Waals surface area (Å²) in [6, 6.07) is 30.9. The topological polar surface area (TPSA) is 114 Å². The standard InChI is InChI=1S/C30H30N10/c1-4-10-25(11-5-1)16-28(19-31-37-34-28)22-40(23-29(20-32-38-35-29)17-26-12-6-2-7-13-26)24-30(21-33-39-36-30)18-27-14-8-3-9-15-27/h1-15,19-21H,16-18,22-24H2. The Kier molecular flexibility index (Phi) is 7.24. The molecule has 0 radical (unpaired) electrons. The minimum Gasteiger partial charge on any atom is -0.295 e. The minimum absolute atomic E-state index is 0.550. The lowest BCUT2D eigenvalue weighted by molar-refractivity contribution is 0.187. The van der Waals surface area contributed by atoms with Gasteiger partial charge >= 0.3 is 0 Å². The van der Waals surface area contributed by atoms with Crippen molar-refractivity contribution < 1.29 is 0 Å². The predicted molar refractivity (Wildman–Crippen MR) is 155 cm³/mol. The van der Waals surface area contributed by atoms with Crippen LogP contribution in [0.15, 0.2) is 137 Å². The van der Waals surface area contributed by atoms with Gasteiger partial charge in [0.15, 0.2) is 0 Å². The highest BCUT2D eigenvalue weighted by Gasteiger charge is 2.43. The van der Waals surface area contributed by atoms with E-state index in [1.165, 1.54) is 0 Å². The van der Waals surface area contributed by atoms with Crippen molar-refractivity contribution in [1.29, 1.82) is 0 Å². The van der Waals surface area contributed by atoms with Gasteiger partial charge in [0.1, 0.15) is 16.6 Å². The average molecular weight is 531 g/mol. The Morgan fingerprint density at radius 3 is 0.975 bits per heavy atom. The minimum atomic E-state index is -0.636. The second-order valence-electron chi connectivity index (χ2n) is 10.7. The Hall–Kier alpha value is -4.57. The van der Waals surface area contributed by atoms with E-state index in [-0.39, 0.29) is 0 Å². The maximum atomic E-state index is 4.65. The molecule has 0 fully saturated rings. The van der Waals surface area contributed by atoms with Gasteiger partial charge in [0.2, 0.25) is 0 Å². The number of benzene rings is 3. The quantitative estimate of drug-likeness (QED) is 0.298. The lowest BCUT2D eigenvalue weighted by Gasteiger charge is -2.38. The van der Waals surface area contributed by atoms with E-state index in [4.69, 9.17) is 0 Å². The Morgan fingerprint density at radius 1 is 0.425 bits per heavy atom. The van der Waals surface area contributed by atoms with Gasteiger partial charge in [-0.1, -0.05) is 91.0 Å². The van der Waals surface area contributed by atoms with Gasteiger partial charge in [-0.25, -0.2) is 0 Å². The van der Waals surface area contributed by atoms with Crippen LogP contribution in [0.4, 0.5) is 0 Å². The first-order valence-corrected chi connectivity index (χ1v) is 13.4. The number of rotatable bonds is 12. The van der Waals surface area contributed by atoms with Crippen LogP contribution >= 0.6 is 0 Å². The molecule has 40 heavy (non-hydrogen) atoms. The van der Waals surface area contributed by atoms with Crippen molar-refractivity contribution in [2.45, 2.75) is 35.9 Å². The van der Waals surface area contributed by atoms with Crippen LogP contribution in [0, 0.1) is 0 Å². The molecule has 0 N–H and O–H groups in total. The Balaban J connectivity index is 1.33. The van der Waals surface area contributed by atoms with Gasteiger partial charge in [-0.2, -0.15) is 15.3 Å². The summed E-state index contributed by atoms with van der Waals surface area (Å²) >= 11 is 0. The summed E-state index contributed by atoms with van der Waals surface area (Å²) in [5.41, 5.74) is 1.58. The van der Waals surface area contributed by atoms with Crippen molar-refractivity contribution in [2.24, 2.45) is 46.3 Å². The SMILES string of the molecule is C1=NN=NC1(Cc1ccccc1)CN(CC1(Cc2ccccc2)C=NN=N1)CC1(Cc2ccccc2)C=NN=N1.